The molecular weight excluding hydrogens is 272 g/mol. The second kappa shape index (κ2) is 8.08. The van der Waals surface area contributed by atoms with Gasteiger partial charge in [-0.15, -0.1) is 0 Å². The summed E-state index contributed by atoms with van der Waals surface area (Å²) in [6.07, 6.45) is 2.26. The fourth-order valence-corrected chi connectivity index (χ4v) is 1.81. The fourth-order valence-electron chi connectivity index (χ4n) is 1.81. The monoisotopic (exact) mass is 294 g/mol. The Morgan fingerprint density at radius 3 is 2.71 bits per heavy atom. The number of ether oxygens (including phenoxy) is 1. The Bertz CT molecular complexity index is 505. The van der Waals surface area contributed by atoms with Gasteiger partial charge in [-0.25, -0.2) is 9.78 Å². The highest BCUT2D eigenvalue weighted by Crippen LogP contribution is 2.19. The molecule has 0 aliphatic carbocycles. The summed E-state index contributed by atoms with van der Waals surface area (Å²) in [7, 11) is 1.58. The first kappa shape index (κ1) is 16.7. The smallest absolute Gasteiger partial charge is 0.340 e. The molecule has 1 amide bonds. The molecule has 7 heteroatoms. The van der Waals surface area contributed by atoms with Crippen molar-refractivity contribution in [2.45, 2.75) is 20.3 Å². The lowest BCUT2D eigenvalue weighted by Crippen LogP contribution is -2.36. The van der Waals surface area contributed by atoms with Crippen LogP contribution in [-0.4, -0.2) is 43.6 Å². The first-order chi connectivity index (χ1) is 10.0. The molecular formula is C14H22N4O3. The molecule has 0 radical (unpaired) electrons. The van der Waals surface area contributed by atoms with Crippen LogP contribution in [0.15, 0.2) is 12.3 Å². The maximum absolute atomic E-state index is 11.8. The number of amides is 1. The van der Waals surface area contributed by atoms with Gasteiger partial charge in [0.1, 0.15) is 5.82 Å². The number of nitrogen functional groups attached to an aromatic ring is 1. The lowest BCUT2D eigenvalue weighted by Gasteiger charge is -2.22. The van der Waals surface area contributed by atoms with Gasteiger partial charge in [-0.3, -0.25) is 4.79 Å². The average molecular weight is 294 g/mol. The molecule has 21 heavy (non-hydrogen) atoms. The number of anilines is 2. The summed E-state index contributed by atoms with van der Waals surface area (Å²) in [6, 6.07) is 1.56. The van der Waals surface area contributed by atoms with E-state index in [1.165, 1.54) is 6.20 Å². The highest BCUT2D eigenvalue weighted by atomic mass is 16.5. The van der Waals surface area contributed by atoms with Crippen molar-refractivity contribution in [1.82, 2.24) is 10.3 Å². The molecule has 3 N–H and O–H groups in total. The molecule has 1 aromatic rings. The molecule has 0 bridgehead atoms. The number of aromatic nitrogens is 1. The molecule has 7 nitrogen and oxygen atoms in total. The van der Waals surface area contributed by atoms with E-state index < -0.39 is 5.97 Å². The van der Waals surface area contributed by atoms with E-state index >= 15 is 0 Å². The molecule has 0 aromatic carbocycles. The van der Waals surface area contributed by atoms with Crippen molar-refractivity contribution in [3.05, 3.63) is 17.8 Å². The number of nitrogens with two attached hydrogens (primary N) is 1. The van der Waals surface area contributed by atoms with E-state index in [0.29, 0.717) is 12.4 Å². The zero-order valence-corrected chi connectivity index (χ0v) is 12.7. The van der Waals surface area contributed by atoms with Gasteiger partial charge in [-0.2, -0.15) is 0 Å². The highest BCUT2D eigenvalue weighted by Gasteiger charge is 2.17. The van der Waals surface area contributed by atoms with E-state index in [2.05, 4.69) is 10.3 Å². The summed E-state index contributed by atoms with van der Waals surface area (Å²) in [5.74, 6) is -0.0903. The van der Waals surface area contributed by atoms with Gasteiger partial charge < -0.3 is 20.7 Å². The van der Waals surface area contributed by atoms with Gasteiger partial charge in [0, 0.05) is 13.6 Å². The lowest BCUT2D eigenvalue weighted by molar-refractivity contribution is -0.119. The first-order valence-electron chi connectivity index (χ1n) is 6.91. The maximum Gasteiger partial charge on any atom is 0.340 e. The summed E-state index contributed by atoms with van der Waals surface area (Å²) < 4.78 is 4.96. The minimum atomic E-state index is -0.491. The van der Waals surface area contributed by atoms with Crippen LogP contribution in [0.3, 0.4) is 0 Å². The zero-order valence-electron chi connectivity index (χ0n) is 12.7. The zero-order chi connectivity index (χ0) is 15.8. The van der Waals surface area contributed by atoms with Crippen molar-refractivity contribution in [2.24, 2.45) is 0 Å². The summed E-state index contributed by atoms with van der Waals surface area (Å²) in [5.41, 5.74) is 6.28. The summed E-state index contributed by atoms with van der Waals surface area (Å²) in [4.78, 5) is 29.4. The van der Waals surface area contributed by atoms with Crippen LogP contribution in [0.4, 0.5) is 11.5 Å². The van der Waals surface area contributed by atoms with Crippen LogP contribution in [0.2, 0.25) is 0 Å². The topological polar surface area (TPSA) is 97.5 Å². The maximum atomic E-state index is 11.8. The number of likely N-dealkylation sites (N-methyl/N-ethyl adjacent to an activating group) is 1. The van der Waals surface area contributed by atoms with Gasteiger partial charge in [0.2, 0.25) is 5.91 Å². The summed E-state index contributed by atoms with van der Waals surface area (Å²) >= 11 is 0. The minimum Gasteiger partial charge on any atom is -0.462 e. The molecule has 0 fully saturated rings. The second-order valence-corrected chi connectivity index (χ2v) is 4.44. The van der Waals surface area contributed by atoms with Crippen LogP contribution in [0.25, 0.3) is 0 Å². The quantitative estimate of drug-likeness (QED) is 0.722. The Kier molecular flexibility index (Phi) is 6.45. The van der Waals surface area contributed by atoms with E-state index in [0.717, 1.165) is 6.42 Å². The Morgan fingerprint density at radius 2 is 2.14 bits per heavy atom. The van der Waals surface area contributed by atoms with Gasteiger partial charge in [-0.1, -0.05) is 6.92 Å². The largest absolute Gasteiger partial charge is 0.462 e. The van der Waals surface area contributed by atoms with E-state index in [1.807, 2.05) is 6.92 Å². The molecule has 116 valence electrons. The minimum absolute atomic E-state index is 0.125. The number of rotatable bonds is 7. The van der Waals surface area contributed by atoms with E-state index in [1.54, 1.807) is 24.9 Å². The summed E-state index contributed by atoms with van der Waals surface area (Å²) in [5, 5.41) is 2.57. The average Bonchev–Trinajstić information content (AvgIpc) is 2.47. The number of nitrogens with one attached hydrogen (secondary N) is 1. The Balaban J connectivity index is 3.05. The van der Waals surface area contributed by atoms with Crippen LogP contribution < -0.4 is 16.0 Å². The first-order valence-corrected chi connectivity index (χ1v) is 6.91. The molecule has 0 aliphatic rings. The normalized spacial score (nSPS) is 10.0. The number of hydrogen-bond donors (Lipinski definition) is 2. The van der Waals surface area contributed by atoms with Crippen molar-refractivity contribution in [3.8, 4) is 0 Å². The Morgan fingerprint density at radius 1 is 1.43 bits per heavy atom. The molecule has 0 atom stereocenters. The fraction of sp³-hybridized carbons (Fsp3) is 0.500. The number of hydrogen-bond acceptors (Lipinski definition) is 6. The van der Waals surface area contributed by atoms with Gasteiger partial charge in [0.15, 0.2) is 0 Å². The van der Waals surface area contributed by atoms with Gasteiger partial charge in [0.05, 0.1) is 30.6 Å². The predicted octanol–water partition coefficient (Wildman–Crippen LogP) is 0.803. The molecule has 0 aliphatic heterocycles. The van der Waals surface area contributed by atoms with E-state index in [9.17, 15) is 9.59 Å². The van der Waals surface area contributed by atoms with Crippen molar-refractivity contribution >= 4 is 23.4 Å². The number of esters is 1. The number of carbonyl (C=O) groups is 2. The van der Waals surface area contributed by atoms with Crippen molar-refractivity contribution < 1.29 is 14.3 Å². The highest BCUT2D eigenvalue weighted by molar-refractivity contribution is 5.95. The second-order valence-electron chi connectivity index (χ2n) is 4.44. The van der Waals surface area contributed by atoms with Crippen molar-refractivity contribution in [3.63, 3.8) is 0 Å². The van der Waals surface area contributed by atoms with Crippen molar-refractivity contribution in [1.29, 1.82) is 0 Å². The molecule has 0 spiro atoms. The van der Waals surface area contributed by atoms with Crippen LogP contribution in [0.5, 0.6) is 0 Å². The Hall–Kier alpha value is -2.31. The van der Waals surface area contributed by atoms with Gasteiger partial charge in [-0.05, 0) is 19.4 Å². The summed E-state index contributed by atoms with van der Waals surface area (Å²) in [6.45, 7) is 4.81. The molecule has 1 heterocycles. The lowest BCUT2D eigenvalue weighted by atomic mass is 10.2. The van der Waals surface area contributed by atoms with Crippen LogP contribution >= 0.6 is 0 Å². The van der Waals surface area contributed by atoms with Crippen molar-refractivity contribution in [2.75, 3.05) is 37.4 Å². The van der Waals surface area contributed by atoms with Crippen LogP contribution in [0, 0.1) is 0 Å². The predicted molar refractivity (Wildman–Crippen MR) is 81.2 cm³/mol. The number of nitrogens with zero attached hydrogens (tertiary/aromatic N) is 2. The Labute approximate surface area is 124 Å². The van der Waals surface area contributed by atoms with Gasteiger partial charge in [0.25, 0.3) is 0 Å². The SMILES string of the molecule is CCCN(CC(=O)NC)c1cc(C(=O)OCC)c(N)cn1. The molecule has 1 rings (SSSR count). The van der Waals surface area contributed by atoms with Crippen LogP contribution in [-0.2, 0) is 9.53 Å². The molecule has 0 saturated heterocycles. The number of carbonyl (C=O) groups excluding carboxylic acids is 2. The van der Waals surface area contributed by atoms with Crippen LogP contribution in [0.1, 0.15) is 30.6 Å². The standard InChI is InChI=1S/C14H22N4O3/c1-4-6-18(9-13(19)16-3)12-7-10(11(15)8-17-12)14(20)21-5-2/h7-8H,4-6,9,15H2,1-3H3,(H,16,19). The number of pyridine rings is 1. The van der Waals surface area contributed by atoms with E-state index in [4.69, 9.17) is 10.5 Å². The molecule has 1 aromatic heterocycles. The third-order valence-electron chi connectivity index (χ3n) is 2.85. The third kappa shape index (κ3) is 4.62. The molecule has 0 saturated carbocycles. The third-order valence-corrected chi connectivity index (χ3v) is 2.85. The van der Waals surface area contributed by atoms with E-state index in [-0.39, 0.29) is 30.3 Å². The van der Waals surface area contributed by atoms with Gasteiger partial charge >= 0.3 is 5.97 Å². The molecule has 0 unspecified atom stereocenters.